The van der Waals surface area contributed by atoms with Crippen LogP contribution >= 0.6 is 0 Å². The van der Waals surface area contributed by atoms with E-state index in [1.807, 2.05) is 24.3 Å². The number of nitrogens with one attached hydrogen (secondary N) is 1. The largest absolute Gasteiger partial charge is 0.497 e. The summed E-state index contributed by atoms with van der Waals surface area (Å²) in [5, 5.41) is 11.6. The zero-order valence-corrected chi connectivity index (χ0v) is 21.6. The third kappa shape index (κ3) is 5.35. The molecule has 0 radical (unpaired) electrons. The number of likely N-dealkylation sites (tertiary alicyclic amines) is 1. The Balaban J connectivity index is 1.34. The van der Waals surface area contributed by atoms with Crippen molar-refractivity contribution in [3.05, 3.63) is 66.7 Å². The summed E-state index contributed by atoms with van der Waals surface area (Å²) >= 11 is 0. The van der Waals surface area contributed by atoms with Gasteiger partial charge >= 0.3 is 6.18 Å². The molecular formula is C28H30F3N5O3. The summed E-state index contributed by atoms with van der Waals surface area (Å²) in [6.45, 7) is 4.79. The number of alkyl halides is 3. The molecule has 2 aromatic heterocycles. The van der Waals surface area contributed by atoms with Crippen LogP contribution in [0.25, 0.3) is 11.6 Å². The topological polar surface area (TPSA) is 93.4 Å². The van der Waals surface area contributed by atoms with Gasteiger partial charge in [0.25, 0.3) is 5.89 Å². The van der Waals surface area contributed by atoms with Crippen molar-refractivity contribution in [2.24, 2.45) is 5.92 Å². The number of carbonyl (C=O) groups excluding carboxylic acids is 1. The fourth-order valence-corrected chi connectivity index (χ4v) is 5.41. The lowest BCUT2D eigenvalue weighted by Gasteiger charge is -2.31. The number of methoxy groups -OCH3 is 1. The van der Waals surface area contributed by atoms with Crippen molar-refractivity contribution >= 4 is 11.6 Å². The highest BCUT2D eigenvalue weighted by Crippen LogP contribution is 2.40. The number of benzene rings is 1. The highest BCUT2D eigenvalue weighted by atomic mass is 19.4. The predicted octanol–water partition coefficient (Wildman–Crippen LogP) is 5.53. The van der Waals surface area contributed by atoms with Crippen LogP contribution in [0.15, 0.2) is 59.7 Å². The lowest BCUT2D eigenvalue weighted by atomic mass is 9.85. The fraction of sp³-hybridized carbons (Fsp3) is 0.429. The van der Waals surface area contributed by atoms with E-state index in [-0.39, 0.29) is 36.6 Å². The first-order valence-corrected chi connectivity index (χ1v) is 12.9. The molecule has 1 N–H and O–H groups in total. The predicted molar refractivity (Wildman–Crippen MR) is 138 cm³/mol. The van der Waals surface area contributed by atoms with Gasteiger partial charge in [0.1, 0.15) is 11.2 Å². The summed E-state index contributed by atoms with van der Waals surface area (Å²) in [7, 11) is 1.60. The number of aromatic nitrogens is 3. The van der Waals surface area contributed by atoms with Crippen molar-refractivity contribution in [2.75, 3.05) is 19.0 Å². The molecule has 0 spiro atoms. The molecule has 0 unspecified atom stereocenters. The highest BCUT2D eigenvalue weighted by molar-refractivity contribution is 5.91. The second-order valence-corrected chi connectivity index (χ2v) is 10.1. The van der Waals surface area contributed by atoms with Crippen molar-refractivity contribution in [2.45, 2.75) is 56.3 Å². The number of nitrogens with zero attached hydrogens (tertiary/aromatic N) is 4. The van der Waals surface area contributed by atoms with Gasteiger partial charge in [-0.25, -0.2) is 4.98 Å². The molecule has 3 heterocycles. The van der Waals surface area contributed by atoms with Crippen molar-refractivity contribution in [3.63, 3.8) is 0 Å². The maximum Gasteiger partial charge on any atom is 0.391 e. The molecule has 8 nitrogen and oxygen atoms in total. The van der Waals surface area contributed by atoms with Crippen molar-refractivity contribution < 1.29 is 27.1 Å². The maximum atomic E-state index is 13.6. The summed E-state index contributed by atoms with van der Waals surface area (Å²) in [6.07, 6.45) is 0.525. The van der Waals surface area contributed by atoms with Gasteiger partial charge in [-0.15, -0.1) is 16.8 Å². The maximum absolute atomic E-state index is 13.6. The lowest BCUT2D eigenvalue weighted by molar-refractivity contribution is -0.182. The molecule has 1 aliphatic heterocycles. The summed E-state index contributed by atoms with van der Waals surface area (Å²) in [5.41, 5.74) is 0.607. The van der Waals surface area contributed by atoms with E-state index in [1.54, 1.807) is 30.3 Å². The van der Waals surface area contributed by atoms with Gasteiger partial charge in [0.05, 0.1) is 18.7 Å². The zero-order valence-electron chi connectivity index (χ0n) is 21.6. The molecule has 2 fully saturated rings. The quantitative estimate of drug-likeness (QED) is 0.375. The molecule has 5 rings (SSSR count). The van der Waals surface area contributed by atoms with Crippen LogP contribution < -0.4 is 10.1 Å². The van der Waals surface area contributed by atoms with Gasteiger partial charge in [0, 0.05) is 25.3 Å². The number of rotatable bonds is 8. The smallest absolute Gasteiger partial charge is 0.391 e. The van der Waals surface area contributed by atoms with E-state index >= 15 is 0 Å². The number of amides is 1. The van der Waals surface area contributed by atoms with Crippen LogP contribution in [0.3, 0.4) is 0 Å². The molecule has 1 amide bonds. The van der Waals surface area contributed by atoms with Gasteiger partial charge in [-0.1, -0.05) is 24.6 Å². The van der Waals surface area contributed by atoms with Crippen LogP contribution in [0.2, 0.25) is 0 Å². The van der Waals surface area contributed by atoms with E-state index in [2.05, 4.69) is 27.1 Å². The number of hydrogen-bond acceptors (Lipinski definition) is 7. The van der Waals surface area contributed by atoms with Crippen LogP contribution in [0.4, 0.5) is 18.9 Å². The Hall–Kier alpha value is -3.89. The summed E-state index contributed by atoms with van der Waals surface area (Å²) in [5.74, 6) is -0.596. The van der Waals surface area contributed by atoms with Crippen LogP contribution in [0.1, 0.15) is 43.6 Å². The van der Waals surface area contributed by atoms with Crippen LogP contribution in [0, 0.1) is 5.92 Å². The van der Waals surface area contributed by atoms with E-state index in [4.69, 9.17) is 9.15 Å². The van der Waals surface area contributed by atoms with E-state index in [0.29, 0.717) is 43.7 Å². The minimum Gasteiger partial charge on any atom is -0.497 e. The Morgan fingerprint density at radius 3 is 2.74 bits per heavy atom. The van der Waals surface area contributed by atoms with Crippen molar-refractivity contribution in [3.8, 4) is 17.3 Å². The SMILES string of the molecule is C=C[C@@]1(c2nnc(-c3ncccc3N[C@H]3CCC[C@@H](C(F)(F)F)C3)o2)CCN(Cc2ccc(OC)cc2)C1=O. The van der Waals surface area contributed by atoms with E-state index in [9.17, 15) is 18.0 Å². The monoisotopic (exact) mass is 541 g/mol. The first-order valence-electron chi connectivity index (χ1n) is 12.9. The number of hydrogen-bond donors (Lipinski definition) is 1. The Kier molecular flexibility index (Phi) is 7.33. The van der Waals surface area contributed by atoms with Gasteiger partial charge in [0.2, 0.25) is 11.8 Å². The standard InChI is InChI=1S/C28H30F3N5O3/c1-3-27(13-15-36(26(27)37)17-18-9-11-21(38-2)12-10-18)25-35-34-24(39-25)23-22(8-5-14-32-23)33-20-7-4-6-19(16-20)28(29,30)31/h3,5,8-12,14,19-20,33H,1,4,6-7,13,15-17H2,2H3/t19-,20+,27+/m1/s1. The fourth-order valence-electron chi connectivity index (χ4n) is 5.41. The molecule has 3 aromatic rings. The first kappa shape index (κ1) is 26.7. The van der Waals surface area contributed by atoms with Gasteiger partial charge < -0.3 is 19.4 Å². The molecular weight excluding hydrogens is 511 g/mol. The van der Waals surface area contributed by atoms with Gasteiger partial charge in [0.15, 0.2) is 5.69 Å². The minimum atomic E-state index is -4.21. The van der Waals surface area contributed by atoms with E-state index in [1.165, 1.54) is 6.08 Å². The molecule has 206 valence electrons. The normalized spacial score (nSPS) is 23.6. The summed E-state index contributed by atoms with van der Waals surface area (Å²) in [6, 6.07) is 10.6. The second kappa shape index (κ2) is 10.7. The highest BCUT2D eigenvalue weighted by Gasteiger charge is 2.50. The molecule has 3 atom stereocenters. The van der Waals surface area contributed by atoms with E-state index in [0.717, 1.165) is 11.3 Å². The Morgan fingerprint density at radius 1 is 1.23 bits per heavy atom. The Morgan fingerprint density at radius 2 is 2.03 bits per heavy atom. The zero-order chi connectivity index (χ0) is 27.6. The third-order valence-corrected chi connectivity index (χ3v) is 7.64. The molecule has 39 heavy (non-hydrogen) atoms. The molecule has 1 saturated heterocycles. The minimum absolute atomic E-state index is 0.00890. The molecule has 2 aliphatic rings. The average molecular weight is 542 g/mol. The number of carbonyl (C=O) groups is 1. The summed E-state index contributed by atoms with van der Waals surface area (Å²) < 4.78 is 51.2. The lowest BCUT2D eigenvalue weighted by Crippen LogP contribution is -2.36. The van der Waals surface area contributed by atoms with Crippen molar-refractivity contribution in [1.29, 1.82) is 0 Å². The number of halogens is 3. The molecule has 1 aliphatic carbocycles. The summed E-state index contributed by atoms with van der Waals surface area (Å²) in [4.78, 5) is 19.6. The van der Waals surface area contributed by atoms with Crippen LogP contribution in [-0.2, 0) is 16.8 Å². The van der Waals surface area contributed by atoms with Crippen LogP contribution in [0.5, 0.6) is 5.75 Å². The molecule has 1 aromatic carbocycles. The third-order valence-electron chi connectivity index (χ3n) is 7.64. The Labute approximate surface area is 224 Å². The van der Waals surface area contributed by atoms with Crippen LogP contribution in [-0.4, -0.2) is 51.9 Å². The first-order chi connectivity index (χ1) is 18.7. The number of ether oxygens (including phenoxy) is 1. The molecule has 0 bridgehead atoms. The van der Waals surface area contributed by atoms with E-state index < -0.39 is 17.5 Å². The number of pyridine rings is 1. The van der Waals surface area contributed by atoms with Gasteiger partial charge in [-0.3, -0.25) is 4.79 Å². The molecule has 1 saturated carbocycles. The number of anilines is 1. The van der Waals surface area contributed by atoms with Gasteiger partial charge in [-0.2, -0.15) is 13.2 Å². The van der Waals surface area contributed by atoms with Gasteiger partial charge in [-0.05, 0) is 55.5 Å². The Bertz CT molecular complexity index is 1330. The molecule has 11 heteroatoms. The van der Waals surface area contributed by atoms with Crippen molar-refractivity contribution in [1.82, 2.24) is 20.1 Å². The second-order valence-electron chi connectivity index (χ2n) is 10.1. The average Bonchev–Trinajstić information content (AvgIpc) is 3.55.